The number of nitrogens with zero attached hydrogens (tertiary/aromatic N) is 3. The van der Waals surface area contributed by atoms with Crippen LogP contribution in [0, 0.1) is 13.8 Å². The first kappa shape index (κ1) is 19.6. The molecule has 2 aliphatic heterocycles. The number of hydrogen-bond donors (Lipinski definition) is 3. The van der Waals surface area contributed by atoms with Crippen molar-refractivity contribution in [2.45, 2.75) is 20.4 Å². The van der Waals surface area contributed by atoms with Crippen LogP contribution >= 0.6 is 0 Å². The van der Waals surface area contributed by atoms with Gasteiger partial charge in [0.2, 0.25) is 0 Å². The van der Waals surface area contributed by atoms with Crippen LogP contribution in [0.15, 0.2) is 6.33 Å². The topological polar surface area (TPSA) is 70.1 Å². The lowest BCUT2D eigenvalue weighted by Crippen LogP contribution is -3.14. The maximum Gasteiger partial charge on any atom is 0.146 e. The minimum absolute atomic E-state index is 0.874. The number of anilines is 1. The Morgan fingerprint density at radius 3 is 2.29 bits per heavy atom. The monoisotopic (exact) mass is 390 g/mol. The maximum atomic E-state index is 5.48. The molecule has 2 saturated heterocycles. The Labute approximate surface area is 166 Å². The first-order valence-corrected chi connectivity index (χ1v) is 10.6. The van der Waals surface area contributed by atoms with E-state index in [4.69, 9.17) is 9.47 Å². The molecule has 8 nitrogen and oxygen atoms in total. The van der Waals surface area contributed by atoms with Crippen molar-refractivity contribution in [3.05, 3.63) is 17.6 Å². The zero-order valence-electron chi connectivity index (χ0n) is 17.2. The molecule has 0 unspecified atom stereocenters. The molecular weight excluding hydrogens is 356 g/mol. The van der Waals surface area contributed by atoms with E-state index >= 15 is 0 Å². The summed E-state index contributed by atoms with van der Waals surface area (Å²) < 4.78 is 13.3. The summed E-state index contributed by atoms with van der Waals surface area (Å²) >= 11 is 0. The van der Waals surface area contributed by atoms with Gasteiger partial charge >= 0.3 is 0 Å². The molecule has 2 aromatic rings. The SMILES string of the molecule is Cc1c(C)n(CC[NH+]2CCOCC2)c2ncnc(NCC[NH+]3CCOCC3)c12. The third-order valence-electron chi connectivity index (χ3n) is 6.27. The quantitative estimate of drug-likeness (QED) is 0.525. The van der Waals surface area contributed by atoms with Crippen LogP contribution in [0.4, 0.5) is 5.82 Å². The van der Waals surface area contributed by atoms with Crippen LogP contribution < -0.4 is 15.1 Å². The number of aryl methyl sites for hydroxylation is 1. The second kappa shape index (κ2) is 9.17. The molecular formula is C20H34N6O2+2. The molecule has 2 aromatic heterocycles. The largest absolute Gasteiger partial charge is 0.370 e. The van der Waals surface area contributed by atoms with Crippen LogP contribution in [0.5, 0.6) is 0 Å². The number of ether oxygens (including phenoxy) is 2. The van der Waals surface area contributed by atoms with Crippen molar-refractivity contribution in [2.24, 2.45) is 0 Å². The van der Waals surface area contributed by atoms with Gasteiger partial charge < -0.3 is 29.2 Å². The van der Waals surface area contributed by atoms with Crippen LogP contribution in [0.3, 0.4) is 0 Å². The van der Waals surface area contributed by atoms with Crippen molar-refractivity contribution in [1.29, 1.82) is 0 Å². The van der Waals surface area contributed by atoms with Crippen LogP contribution in [-0.4, -0.2) is 86.8 Å². The predicted octanol–water partition coefficient (Wildman–Crippen LogP) is -1.71. The van der Waals surface area contributed by atoms with Crippen molar-refractivity contribution in [2.75, 3.05) is 77.6 Å². The van der Waals surface area contributed by atoms with E-state index in [0.29, 0.717) is 0 Å². The minimum Gasteiger partial charge on any atom is -0.370 e. The molecule has 2 aliphatic rings. The molecule has 3 N–H and O–H groups in total. The summed E-state index contributed by atoms with van der Waals surface area (Å²) in [6, 6.07) is 0. The van der Waals surface area contributed by atoms with Gasteiger partial charge in [-0.3, -0.25) is 0 Å². The fraction of sp³-hybridized carbons (Fsp3) is 0.700. The third kappa shape index (κ3) is 4.30. The van der Waals surface area contributed by atoms with Gasteiger partial charge in [-0.05, 0) is 19.4 Å². The number of fused-ring (bicyclic) bond motifs is 1. The Morgan fingerprint density at radius 1 is 0.964 bits per heavy atom. The average Bonchev–Trinajstić information content (AvgIpc) is 2.99. The molecule has 0 aromatic carbocycles. The molecule has 4 heterocycles. The number of morpholine rings is 2. The van der Waals surface area contributed by atoms with Gasteiger partial charge in [0.25, 0.3) is 0 Å². The summed E-state index contributed by atoms with van der Waals surface area (Å²) in [5.41, 5.74) is 3.64. The predicted molar refractivity (Wildman–Crippen MR) is 108 cm³/mol. The highest BCUT2D eigenvalue weighted by molar-refractivity contribution is 5.91. The van der Waals surface area contributed by atoms with Crippen LogP contribution in [0.1, 0.15) is 11.3 Å². The van der Waals surface area contributed by atoms with E-state index in [1.165, 1.54) is 16.6 Å². The molecule has 0 aliphatic carbocycles. The lowest BCUT2D eigenvalue weighted by molar-refractivity contribution is -0.908. The molecule has 0 spiro atoms. The molecule has 28 heavy (non-hydrogen) atoms. The van der Waals surface area contributed by atoms with E-state index in [1.54, 1.807) is 16.1 Å². The Balaban J connectivity index is 1.45. The van der Waals surface area contributed by atoms with Crippen molar-refractivity contribution in [3.8, 4) is 0 Å². The van der Waals surface area contributed by atoms with Crippen molar-refractivity contribution in [3.63, 3.8) is 0 Å². The Bertz CT molecular complexity index is 781. The highest BCUT2D eigenvalue weighted by atomic mass is 16.5. The van der Waals surface area contributed by atoms with Crippen molar-refractivity contribution in [1.82, 2.24) is 14.5 Å². The molecule has 0 saturated carbocycles. The Morgan fingerprint density at radius 2 is 1.61 bits per heavy atom. The summed E-state index contributed by atoms with van der Waals surface area (Å²) in [6.45, 7) is 16.4. The van der Waals surface area contributed by atoms with Crippen molar-refractivity contribution >= 4 is 16.9 Å². The van der Waals surface area contributed by atoms with Crippen LogP contribution in [0.25, 0.3) is 11.0 Å². The van der Waals surface area contributed by atoms with Crippen LogP contribution in [-0.2, 0) is 16.0 Å². The summed E-state index contributed by atoms with van der Waals surface area (Å²) in [5, 5.41) is 4.75. The molecule has 154 valence electrons. The second-order valence-electron chi connectivity index (χ2n) is 7.93. The standard InChI is InChI=1S/C20H32N6O2/c1-16-17(2)26(6-5-25-9-13-28-14-10-25)20-18(16)19(22-15-23-20)21-3-4-24-7-11-27-12-8-24/h15H,3-14H2,1-2H3,(H,21,22,23)/p+2. The zero-order valence-corrected chi connectivity index (χ0v) is 17.2. The minimum atomic E-state index is 0.874. The zero-order chi connectivity index (χ0) is 19.3. The molecule has 0 amide bonds. The van der Waals surface area contributed by atoms with Gasteiger partial charge in [-0.2, -0.15) is 0 Å². The van der Waals surface area contributed by atoms with E-state index < -0.39 is 0 Å². The van der Waals surface area contributed by atoms with Gasteiger partial charge in [0.05, 0.1) is 58.0 Å². The summed E-state index contributed by atoms with van der Waals surface area (Å²) in [6.07, 6.45) is 1.70. The number of quaternary nitrogens is 2. The highest BCUT2D eigenvalue weighted by Crippen LogP contribution is 2.28. The summed E-state index contributed by atoms with van der Waals surface area (Å²) in [4.78, 5) is 12.4. The lowest BCUT2D eigenvalue weighted by Gasteiger charge is -2.24. The van der Waals surface area contributed by atoms with E-state index in [9.17, 15) is 0 Å². The molecule has 8 heteroatoms. The highest BCUT2D eigenvalue weighted by Gasteiger charge is 2.20. The molecule has 0 radical (unpaired) electrons. The van der Waals surface area contributed by atoms with Gasteiger partial charge in [0, 0.05) is 5.69 Å². The maximum absolute atomic E-state index is 5.48. The number of nitrogens with one attached hydrogen (secondary N) is 3. The van der Waals surface area contributed by atoms with E-state index in [0.717, 1.165) is 90.3 Å². The van der Waals surface area contributed by atoms with Crippen LogP contribution in [0.2, 0.25) is 0 Å². The first-order valence-electron chi connectivity index (χ1n) is 10.6. The molecule has 0 bridgehead atoms. The lowest BCUT2D eigenvalue weighted by atomic mass is 10.2. The molecule has 4 rings (SSSR count). The average molecular weight is 391 g/mol. The number of hydrogen-bond acceptors (Lipinski definition) is 5. The number of rotatable bonds is 7. The first-order chi connectivity index (χ1) is 13.7. The van der Waals surface area contributed by atoms with Gasteiger partial charge in [-0.15, -0.1) is 0 Å². The summed E-state index contributed by atoms with van der Waals surface area (Å²) in [5.74, 6) is 0.968. The van der Waals surface area contributed by atoms with Gasteiger partial charge in [-0.25, -0.2) is 9.97 Å². The van der Waals surface area contributed by atoms with Gasteiger partial charge in [0.15, 0.2) is 0 Å². The Kier molecular flexibility index (Phi) is 6.41. The normalized spacial score (nSPS) is 19.4. The van der Waals surface area contributed by atoms with E-state index in [1.807, 2.05) is 0 Å². The fourth-order valence-corrected chi connectivity index (χ4v) is 4.32. The smallest absolute Gasteiger partial charge is 0.146 e. The van der Waals surface area contributed by atoms with Crippen molar-refractivity contribution < 1.29 is 19.3 Å². The van der Waals surface area contributed by atoms with E-state index in [2.05, 4.69) is 33.7 Å². The second-order valence-corrected chi connectivity index (χ2v) is 7.93. The number of aromatic nitrogens is 3. The van der Waals surface area contributed by atoms with Gasteiger partial charge in [-0.1, -0.05) is 0 Å². The fourth-order valence-electron chi connectivity index (χ4n) is 4.32. The summed E-state index contributed by atoms with van der Waals surface area (Å²) in [7, 11) is 0. The molecule has 2 fully saturated rings. The van der Waals surface area contributed by atoms with Gasteiger partial charge in [0.1, 0.15) is 44.0 Å². The van der Waals surface area contributed by atoms with E-state index in [-0.39, 0.29) is 0 Å². The third-order valence-corrected chi connectivity index (χ3v) is 6.27. The molecule has 0 atom stereocenters. The Hall–Kier alpha value is -1.74.